The molecule has 2 aromatic rings. The predicted molar refractivity (Wildman–Crippen MR) is 95.9 cm³/mol. The van der Waals surface area contributed by atoms with Crippen LogP contribution in [0.1, 0.15) is 31.9 Å². The summed E-state index contributed by atoms with van der Waals surface area (Å²) in [6.45, 7) is 5.79. The number of hydrogen-bond acceptors (Lipinski definition) is 2. The van der Waals surface area contributed by atoms with E-state index in [9.17, 15) is 4.79 Å². The Labute approximate surface area is 143 Å². The van der Waals surface area contributed by atoms with Crippen LogP contribution in [0.15, 0.2) is 30.3 Å². The fraction of sp³-hybridized carbons (Fsp3) is 0.526. The van der Waals surface area contributed by atoms with Crippen LogP contribution in [0.4, 0.5) is 4.79 Å². The maximum absolute atomic E-state index is 12.3. The highest BCUT2D eigenvalue weighted by atomic mass is 16.2. The highest BCUT2D eigenvalue weighted by Gasteiger charge is 2.37. The van der Waals surface area contributed by atoms with Crippen LogP contribution in [0, 0.1) is 0 Å². The molecule has 0 unspecified atom stereocenters. The summed E-state index contributed by atoms with van der Waals surface area (Å²) in [5.41, 5.74) is 2.16. The van der Waals surface area contributed by atoms with Gasteiger partial charge in [-0.05, 0) is 43.8 Å². The number of carbonyl (C=O) groups is 1. The summed E-state index contributed by atoms with van der Waals surface area (Å²) >= 11 is 0. The molecule has 2 amide bonds. The molecule has 2 fully saturated rings. The summed E-state index contributed by atoms with van der Waals surface area (Å²) in [4.78, 5) is 20.2. The van der Waals surface area contributed by atoms with Crippen LogP contribution in [0.25, 0.3) is 10.9 Å². The molecule has 2 saturated heterocycles. The predicted octanol–water partition coefficient (Wildman–Crippen LogP) is 2.94. The number of nitrogens with zero attached hydrogens (tertiary/aromatic N) is 2. The molecule has 2 N–H and O–H groups in total. The van der Waals surface area contributed by atoms with Crippen LogP contribution in [0.2, 0.25) is 0 Å². The van der Waals surface area contributed by atoms with Gasteiger partial charge in [-0.15, -0.1) is 0 Å². The number of amides is 2. The number of H-pyrrole nitrogens is 1. The molecule has 0 aliphatic carbocycles. The third kappa shape index (κ3) is 3.00. The largest absolute Gasteiger partial charge is 0.357 e. The first kappa shape index (κ1) is 15.5. The zero-order valence-electron chi connectivity index (χ0n) is 14.3. The van der Waals surface area contributed by atoms with Gasteiger partial charge in [0.05, 0.1) is 6.54 Å². The number of rotatable bonds is 3. The minimum Gasteiger partial charge on any atom is -0.357 e. The normalized spacial score (nSPS) is 22.5. The second-order valence-corrected chi connectivity index (χ2v) is 7.18. The molecule has 5 nitrogen and oxygen atoms in total. The van der Waals surface area contributed by atoms with Crippen molar-refractivity contribution in [1.82, 2.24) is 20.1 Å². The van der Waals surface area contributed by atoms with Crippen molar-refractivity contribution in [3.63, 3.8) is 0 Å². The zero-order chi connectivity index (χ0) is 16.5. The smallest absolute Gasteiger partial charge is 0.317 e. The van der Waals surface area contributed by atoms with Gasteiger partial charge < -0.3 is 15.2 Å². The van der Waals surface area contributed by atoms with Gasteiger partial charge in [0.2, 0.25) is 0 Å². The standard InChI is InChI=1S/C19H26N4O/c1-14-6-4-5-9-23(14)17-12-22(13-17)19(24)20-11-16-10-15-7-2-3-8-18(15)21-16/h2-3,7-8,10,14,17,21H,4-6,9,11-13H2,1H3,(H,20,24)/t14-/m1/s1. The minimum atomic E-state index is 0.0505. The molecule has 5 heteroatoms. The maximum atomic E-state index is 12.3. The number of aromatic amines is 1. The number of carbonyl (C=O) groups excluding carboxylic acids is 1. The molecular weight excluding hydrogens is 300 g/mol. The van der Waals surface area contributed by atoms with E-state index >= 15 is 0 Å². The average molecular weight is 326 g/mol. The van der Waals surface area contributed by atoms with E-state index in [4.69, 9.17) is 0 Å². The molecule has 1 atom stereocenters. The molecule has 1 aromatic heterocycles. The van der Waals surface area contributed by atoms with E-state index < -0.39 is 0 Å². The Morgan fingerprint density at radius 2 is 2.12 bits per heavy atom. The first-order chi connectivity index (χ1) is 11.7. The lowest BCUT2D eigenvalue weighted by molar-refractivity contribution is 0.0169. The Hall–Kier alpha value is -2.01. The average Bonchev–Trinajstić information content (AvgIpc) is 2.96. The quantitative estimate of drug-likeness (QED) is 0.911. The van der Waals surface area contributed by atoms with Crippen molar-refractivity contribution in [1.29, 1.82) is 0 Å². The van der Waals surface area contributed by atoms with E-state index in [1.165, 1.54) is 31.2 Å². The lowest BCUT2D eigenvalue weighted by atomic mass is 9.98. The molecule has 0 radical (unpaired) electrons. The van der Waals surface area contributed by atoms with Gasteiger partial charge >= 0.3 is 6.03 Å². The third-order valence-corrected chi connectivity index (χ3v) is 5.49. The molecule has 0 spiro atoms. The number of nitrogens with one attached hydrogen (secondary N) is 2. The van der Waals surface area contributed by atoms with Gasteiger partial charge in [0, 0.05) is 36.4 Å². The second kappa shape index (κ2) is 6.48. The van der Waals surface area contributed by atoms with E-state index in [0.29, 0.717) is 18.6 Å². The second-order valence-electron chi connectivity index (χ2n) is 7.18. The molecule has 1 aromatic carbocycles. The highest BCUT2D eigenvalue weighted by Crippen LogP contribution is 2.24. The lowest BCUT2D eigenvalue weighted by Gasteiger charge is -2.49. The van der Waals surface area contributed by atoms with Crippen LogP contribution in [0.3, 0.4) is 0 Å². The lowest BCUT2D eigenvalue weighted by Crippen LogP contribution is -2.64. The van der Waals surface area contributed by atoms with E-state index in [1.807, 2.05) is 17.0 Å². The van der Waals surface area contributed by atoms with Gasteiger partial charge in [-0.25, -0.2) is 4.79 Å². The number of benzene rings is 1. The number of likely N-dealkylation sites (tertiary alicyclic amines) is 2. The van der Waals surface area contributed by atoms with Gasteiger partial charge in [-0.2, -0.15) is 0 Å². The number of aromatic nitrogens is 1. The maximum Gasteiger partial charge on any atom is 0.317 e. The van der Waals surface area contributed by atoms with Crippen molar-refractivity contribution in [2.75, 3.05) is 19.6 Å². The zero-order valence-corrected chi connectivity index (χ0v) is 14.3. The van der Waals surface area contributed by atoms with Crippen LogP contribution >= 0.6 is 0 Å². The molecule has 2 aliphatic rings. The fourth-order valence-electron chi connectivity index (χ4n) is 4.01. The summed E-state index contributed by atoms with van der Waals surface area (Å²) in [7, 11) is 0. The summed E-state index contributed by atoms with van der Waals surface area (Å²) in [5, 5.41) is 4.22. The summed E-state index contributed by atoms with van der Waals surface area (Å²) < 4.78 is 0. The van der Waals surface area contributed by atoms with E-state index in [2.05, 4.69) is 40.3 Å². The van der Waals surface area contributed by atoms with Crippen LogP contribution in [-0.2, 0) is 6.54 Å². The molecule has 0 bridgehead atoms. The van der Waals surface area contributed by atoms with E-state index in [1.54, 1.807) is 0 Å². The van der Waals surface area contributed by atoms with Gasteiger partial charge in [-0.1, -0.05) is 24.6 Å². The van der Waals surface area contributed by atoms with Gasteiger partial charge in [-0.3, -0.25) is 4.90 Å². The molecule has 128 valence electrons. The number of para-hydroxylation sites is 1. The highest BCUT2D eigenvalue weighted by molar-refractivity contribution is 5.80. The Balaban J connectivity index is 1.27. The number of piperidine rings is 1. The molecule has 24 heavy (non-hydrogen) atoms. The first-order valence-corrected chi connectivity index (χ1v) is 9.06. The molecule has 4 rings (SSSR count). The number of fused-ring (bicyclic) bond motifs is 1. The van der Waals surface area contributed by atoms with Crippen molar-refractivity contribution in [2.24, 2.45) is 0 Å². The monoisotopic (exact) mass is 326 g/mol. The van der Waals surface area contributed by atoms with Crippen LogP contribution in [-0.4, -0.2) is 52.5 Å². The number of urea groups is 1. The van der Waals surface area contributed by atoms with E-state index in [0.717, 1.165) is 24.3 Å². The third-order valence-electron chi connectivity index (χ3n) is 5.49. The molecule has 2 aliphatic heterocycles. The Morgan fingerprint density at radius 3 is 2.92 bits per heavy atom. The van der Waals surface area contributed by atoms with Crippen molar-refractivity contribution < 1.29 is 4.79 Å². The molecule has 3 heterocycles. The fourth-order valence-corrected chi connectivity index (χ4v) is 4.01. The number of hydrogen-bond donors (Lipinski definition) is 2. The SMILES string of the molecule is C[C@@H]1CCCCN1C1CN(C(=O)NCc2cc3ccccc3[nH]2)C1. The summed E-state index contributed by atoms with van der Waals surface area (Å²) in [6.07, 6.45) is 3.94. The summed E-state index contributed by atoms with van der Waals surface area (Å²) in [5.74, 6) is 0. The summed E-state index contributed by atoms with van der Waals surface area (Å²) in [6, 6.07) is 11.6. The van der Waals surface area contributed by atoms with Crippen LogP contribution in [0.5, 0.6) is 0 Å². The molecule has 0 saturated carbocycles. The van der Waals surface area contributed by atoms with Crippen molar-refractivity contribution in [3.05, 3.63) is 36.0 Å². The van der Waals surface area contributed by atoms with Crippen molar-refractivity contribution in [3.8, 4) is 0 Å². The first-order valence-electron chi connectivity index (χ1n) is 9.06. The van der Waals surface area contributed by atoms with Crippen molar-refractivity contribution >= 4 is 16.9 Å². The Kier molecular flexibility index (Phi) is 4.19. The Bertz CT molecular complexity index is 686. The minimum absolute atomic E-state index is 0.0505. The van der Waals surface area contributed by atoms with Gasteiger partial charge in [0.1, 0.15) is 0 Å². The Morgan fingerprint density at radius 1 is 1.29 bits per heavy atom. The van der Waals surface area contributed by atoms with Gasteiger partial charge in [0.15, 0.2) is 0 Å². The molecular formula is C19H26N4O. The topological polar surface area (TPSA) is 51.4 Å². The van der Waals surface area contributed by atoms with Crippen molar-refractivity contribution in [2.45, 2.75) is 44.8 Å². The van der Waals surface area contributed by atoms with E-state index in [-0.39, 0.29) is 6.03 Å². The van der Waals surface area contributed by atoms with Gasteiger partial charge in [0.25, 0.3) is 0 Å². The van der Waals surface area contributed by atoms with Crippen LogP contribution < -0.4 is 5.32 Å².